The first-order valence-electron chi connectivity index (χ1n) is 5.41. The third-order valence-electron chi connectivity index (χ3n) is 2.50. The summed E-state index contributed by atoms with van der Waals surface area (Å²) in [6, 6.07) is 9.64. The Labute approximate surface area is 104 Å². The van der Waals surface area contributed by atoms with Crippen LogP contribution in [-0.2, 0) is 17.9 Å². The first-order chi connectivity index (χ1) is 8.72. The van der Waals surface area contributed by atoms with Crippen molar-refractivity contribution in [1.82, 2.24) is 15.0 Å². The van der Waals surface area contributed by atoms with Gasteiger partial charge in [0.25, 0.3) is 0 Å². The molecule has 6 heteroatoms. The number of methoxy groups -OCH3 is 1. The van der Waals surface area contributed by atoms with Gasteiger partial charge in [-0.25, -0.2) is 9.48 Å². The lowest BCUT2D eigenvalue weighted by atomic mass is 10.2. The molecule has 0 amide bonds. The van der Waals surface area contributed by atoms with Gasteiger partial charge in [0.2, 0.25) is 0 Å². The minimum Gasteiger partial charge on any atom is -0.476 e. The smallest absolute Gasteiger partial charge is 0.358 e. The highest BCUT2D eigenvalue weighted by molar-refractivity contribution is 5.86. The molecule has 18 heavy (non-hydrogen) atoms. The number of aromatic carboxylic acids is 1. The molecule has 1 aromatic carbocycles. The Morgan fingerprint density at radius 1 is 1.39 bits per heavy atom. The molecule has 94 valence electrons. The molecule has 1 aromatic heterocycles. The first kappa shape index (κ1) is 12.3. The molecule has 0 unspecified atom stereocenters. The number of ether oxygens (including phenoxy) is 1. The van der Waals surface area contributed by atoms with Crippen molar-refractivity contribution < 1.29 is 14.6 Å². The lowest BCUT2D eigenvalue weighted by Crippen LogP contribution is -2.10. The van der Waals surface area contributed by atoms with E-state index in [2.05, 4.69) is 10.3 Å². The third-order valence-corrected chi connectivity index (χ3v) is 2.50. The molecule has 1 N–H and O–H groups in total. The SMILES string of the molecule is COCc1c(C(=O)O)nnn1Cc1ccccc1. The van der Waals surface area contributed by atoms with E-state index in [1.165, 1.54) is 7.11 Å². The van der Waals surface area contributed by atoms with Gasteiger partial charge in [0, 0.05) is 7.11 Å². The van der Waals surface area contributed by atoms with Crippen LogP contribution in [0, 0.1) is 0 Å². The van der Waals surface area contributed by atoms with Crippen LogP contribution in [0.4, 0.5) is 0 Å². The monoisotopic (exact) mass is 247 g/mol. The average Bonchev–Trinajstić information content (AvgIpc) is 2.74. The number of nitrogens with zero attached hydrogens (tertiary/aromatic N) is 3. The average molecular weight is 247 g/mol. The van der Waals surface area contributed by atoms with E-state index in [0.717, 1.165) is 5.56 Å². The lowest BCUT2D eigenvalue weighted by Gasteiger charge is -2.06. The highest BCUT2D eigenvalue weighted by atomic mass is 16.5. The van der Waals surface area contributed by atoms with Crippen LogP contribution < -0.4 is 0 Å². The van der Waals surface area contributed by atoms with Gasteiger partial charge >= 0.3 is 5.97 Å². The van der Waals surface area contributed by atoms with E-state index in [0.29, 0.717) is 12.2 Å². The van der Waals surface area contributed by atoms with E-state index in [1.54, 1.807) is 4.68 Å². The van der Waals surface area contributed by atoms with Gasteiger partial charge in [-0.1, -0.05) is 35.5 Å². The molecule has 0 aliphatic rings. The topological polar surface area (TPSA) is 77.2 Å². The van der Waals surface area contributed by atoms with Gasteiger partial charge < -0.3 is 9.84 Å². The highest BCUT2D eigenvalue weighted by Gasteiger charge is 2.18. The molecule has 0 aliphatic carbocycles. The van der Waals surface area contributed by atoms with Gasteiger partial charge in [-0.3, -0.25) is 0 Å². The van der Waals surface area contributed by atoms with Crippen LogP contribution in [0.15, 0.2) is 30.3 Å². The molecule has 0 fully saturated rings. The Kier molecular flexibility index (Phi) is 3.69. The summed E-state index contributed by atoms with van der Waals surface area (Å²) in [6.45, 7) is 0.640. The van der Waals surface area contributed by atoms with Crippen LogP contribution in [0.1, 0.15) is 21.7 Å². The molecule has 0 atom stereocenters. The summed E-state index contributed by atoms with van der Waals surface area (Å²) in [5.74, 6) is -1.10. The maximum absolute atomic E-state index is 11.0. The minimum atomic E-state index is -1.10. The van der Waals surface area contributed by atoms with Crippen LogP contribution in [0.5, 0.6) is 0 Å². The Bertz CT molecular complexity index is 537. The van der Waals surface area contributed by atoms with E-state index in [1.807, 2.05) is 30.3 Å². The lowest BCUT2D eigenvalue weighted by molar-refractivity contribution is 0.0684. The number of aromatic nitrogens is 3. The summed E-state index contributed by atoms with van der Waals surface area (Å²) in [7, 11) is 1.51. The number of carboxylic acids is 1. The molecule has 0 aliphatic heterocycles. The molecule has 6 nitrogen and oxygen atoms in total. The molecule has 0 radical (unpaired) electrons. The van der Waals surface area contributed by atoms with E-state index in [9.17, 15) is 4.79 Å². The molecule has 2 rings (SSSR count). The molecule has 0 saturated heterocycles. The fourth-order valence-corrected chi connectivity index (χ4v) is 1.66. The summed E-state index contributed by atoms with van der Waals surface area (Å²) >= 11 is 0. The standard InChI is InChI=1S/C12H13N3O3/c1-18-8-10-11(12(16)17)13-14-15(10)7-9-5-3-2-4-6-9/h2-6H,7-8H2,1H3,(H,16,17). The fraction of sp³-hybridized carbons (Fsp3) is 0.250. The van der Waals surface area contributed by atoms with Crippen molar-refractivity contribution in [2.45, 2.75) is 13.2 Å². The molecular weight excluding hydrogens is 234 g/mol. The molecule has 0 spiro atoms. The maximum Gasteiger partial charge on any atom is 0.358 e. The van der Waals surface area contributed by atoms with Gasteiger partial charge in [-0.05, 0) is 5.56 Å². The second-order valence-electron chi connectivity index (χ2n) is 3.77. The number of carboxylic acid groups (broad SMARTS) is 1. The van der Waals surface area contributed by atoms with Crippen LogP contribution in [0.2, 0.25) is 0 Å². The van der Waals surface area contributed by atoms with Crippen molar-refractivity contribution in [2.75, 3.05) is 7.11 Å². The molecule has 2 aromatic rings. The van der Waals surface area contributed by atoms with Gasteiger partial charge in [-0.15, -0.1) is 5.10 Å². The van der Waals surface area contributed by atoms with Gasteiger partial charge in [-0.2, -0.15) is 0 Å². The normalized spacial score (nSPS) is 10.5. The summed E-state index contributed by atoms with van der Waals surface area (Å²) < 4.78 is 6.54. The van der Waals surface area contributed by atoms with Gasteiger partial charge in [0.1, 0.15) is 0 Å². The fourth-order valence-electron chi connectivity index (χ4n) is 1.66. The predicted octanol–water partition coefficient (Wildman–Crippen LogP) is 1.17. The summed E-state index contributed by atoms with van der Waals surface area (Å²) in [6.07, 6.45) is 0. The summed E-state index contributed by atoms with van der Waals surface area (Å²) in [5.41, 5.74) is 1.43. The Hall–Kier alpha value is -2.21. The van der Waals surface area contributed by atoms with Crippen molar-refractivity contribution in [3.8, 4) is 0 Å². The Morgan fingerprint density at radius 2 is 2.11 bits per heavy atom. The van der Waals surface area contributed by atoms with E-state index in [-0.39, 0.29) is 12.3 Å². The number of rotatable bonds is 5. The van der Waals surface area contributed by atoms with Crippen molar-refractivity contribution in [3.05, 3.63) is 47.3 Å². The number of hydrogen-bond acceptors (Lipinski definition) is 4. The van der Waals surface area contributed by atoms with E-state index < -0.39 is 5.97 Å². The van der Waals surface area contributed by atoms with Crippen LogP contribution in [0.3, 0.4) is 0 Å². The zero-order valence-electron chi connectivity index (χ0n) is 9.91. The second-order valence-corrected chi connectivity index (χ2v) is 3.77. The number of benzene rings is 1. The Morgan fingerprint density at radius 3 is 2.72 bits per heavy atom. The van der Waals surface area contributed by atoms with Crippen molar-refractivity contribution in [3.63, 3.8) is 0 Å². The van der Waals surface area contributed by atoms with Crippen LogP contribution in [-0.4, -0.2) is 33.2 Å². The summed E-state index contributed by atoms with van der Waals surface area (Å²) in [4.78, 5) is 11.0. The first-order valence-corrected chi connectivity index (χ1v) is 5.41. The number of carbonyl (C=O) groups is 1. The van der Waals surface area contributed by atoms with Gasteiger partial charge in [0.05, 0.1) is 18.8 Å². The number of hydrogen-bond donors (Lipinski definition) is 1. The molecule has 1 heterocycles. The molecule has 0 saturated carbocycles. The molecule has 0 bridgehead atoms. The second kappa shape index (κ2) is 5.42. The van der Waals surface area contributed by atoms with E-state index in [4.69, 9.17) is 9.84 Å². The zero-order valence-corrected chi connectivity index (χ0v) is 9.91. The maximum atomic E-state index is 11.0. The van der Waals surface area contributed by atoms with E-state index >= 15 is 0 Å². The van der Waals surface area contributed by atoms with Crippen molar-refractivity contribution >= 4 is 5.97 Å². The van der Waals surface area contributed by atoms with Crippen LogP contribution in [0.25, 0.3) is 0 Å². The van der Waals surface area contributed by atoms with Gasteiger partial charge in [0.15, 0.2) is 5.69 Å². The molecular formula is C12H13N3O3. The van der Waals surface area contributed by atoms with Crippen molar-refractivity contribution in [2.24, 2.45) is 0 Å². The third kappa shape index (κ3) is 2.54. The quantitative estimate of drug-likeness (QED) is 0.858. The zero-order chi connectivity index (χ0) is 13.0. The van der Waals surface area contributed by atoms with Crippen molar-refractivity contribution in [1.29, 1.82) is 0 Å². The minimum absolute atomic E-state index is 0.0622. The van der Waals surface area contributed by atoms with Crippen LogP contribution >= 0.6 is 0 Å². The predicted molar refractivity (Wildman–Crippen MR) is 63.2 cm³/mol. The summed E-state index contributed by atoms with van der Waals surface area (Å²) in [5, 5.41) is 16.5. The largest absolute Gasteiger partial charge is 0.476 e. The Balaban J connectivity index is 2.30. The highest BCUT2D eigenvalue weighted by Crippen LogP contribution is 2.10.